The number of hydrogen-bond acceptors (Lipinski definition) is 3. The van der Waals surface area contributed by atoms with E-state index in [2.05, 4.69) is 5.32 Å². The van der Waals surface area contributed by atoms with Crippen LogP contribution in [0, 0.1) is 11.7 Å². The van der Waals surface area contributed by atoms with Gasteiger partial charge in [-0.15, -0.1) is 0 Å². The normalized spacial score (nSPS) is 21.9. The molecule has 3 fully saturated rings. The van der Waals surface area contributed by atoms with Crippen LogP contribution < -0.4 is 5.32 Å². The number of aryl methyl sites for hydroxylation is 1. The summed E-state index contributed by atoms with van der Waals surface area (Å²) in [5.74, 6) is -0.107. The molecule has 4 rings (SSSR count). The summed E-state index contributed by atoms with van der Waals surface area (Å²) in [6.45, 7) is 1.07. The molecule has 1 aliphatic carbocycles. The van der Waals surface area contributed by atoms with Crippen LogP contribution >= 0.6 is 0 Å². The first-order valence-electron chi connectivity index (χ1n) is 11.1. The Balaban J connectivity index is 1.26. The van der Waals surface area contributed by atoms with Crippen LogP contribution in [0.25, 0.3) is 0 Å². The van der Waals surface area contributed by atoms with Crippen molar-refractivity contribution in [3.63, 3.8) is 0 Å². The zero-order valence-corrected chi connectivity index (χ0v) is 17.4. The topological polar surface area (TPSA) is 69.7 Å². The highest BCUT2D eigenvalue weighted by atomic mass is 19.1. The van der Waals surface area contributed by atoms with Crippen LogP contribution in [0.1, 0.15) is 56.9 Å². The highest BCUT2D eigenvalue weighted by Gasteiger charge is 2.51. The van der Waals surface area contributed by atoms with E-state index in [-0.39, 0.29) is 24.2 Å². The molecule has 162 valence electrons. The van der Waals surface area contributed by atoms with Crippen molar-refractivity contribution < 1.29 is 18.8 Å². The minimum atomic E-state index is -0.782. The van der Waals surface area contributed by atoms with Crippen LogP contribution in [0.3, 0.4) is 0 Å². The largest absolute Gasteiger partial charge is 0.341 e. The van der Waals surface area contributed by atoms with Crippen LogP contribution in [0.4, 0.5) is 9.18 Å². The molecule has 2 saturated heterocycles. The fourth-order valence-electron chi connectivity index (χ4n) is 5.08. The van der Waals surface area contributed by atoms with E-state index in [0.29, 0.717) is 38.3 Å². The van der Waals surface area contributed by atoms with Crippen molar-refractivity contribution in [3.8, 4) is 0 Å². The van der Waals surface area contributed by atoms with E-state index in [1.807, 2.05) is 12.1 Å². The molecule has 1 aromatic rings. The molecule has 0 unspecified atom stereocenters. The number of carbonyl (C=O) groups excluding carboxylic acids is 3. The second-order valence-corrected chi connectivity index (χ2v) is 8.92. The van der Waals surface area contributed by atoms with Gasteiger partial charge < -0.3 is 10.2 Å². The van der Waals surface area contributed by atoms with E-state index in [0.717, 1.165) is 49.0 Å². The van der Waals surface area contributed by atoms with E-state index in [9.17, 15) is 18.8 Å². The van der Waals surface area contributed by atoms with Crippen molar-refractivity contribution in [1.29, 1.82) is 0 Å². The van der Waals surface area contributed by atoms with Crippen molar-refractivity contribution in [3.05, 3.63) is 35.6 Å². The van der Waals surface area contributed by atoms with E-state index < -0.39 is 11.6 Å². The zero-order chi connectivity index (χ0) is 21.1. The molecule has 0 bridgehead atoms. The average Bonchev–Trinajstić information content (AvgIpc) is 2.98. The van der Waals surface area contributed by atoms with Gasteiger partial charge >= 0.3 is 6.03 Å². The lowest BCUT2D eigenvalue weighted by Gasteiger charge is -2.33. The molecule has 6 nitrogen and oxygen atoms in total. The van der Waals surface area contributed by atoms with Gasteiger partial charge in [0.05, 0.1) is 0 Å². The Morgan fingerprint density at radius 2 is 1.80 bits per heavy atom. The van der Waals surface area contributed by atoms with E-state index >= 15 is 0 Å². The summed E-state index contributed by atoms with van der Waals surface area (Å²) in [7, 11) is 0. The molecule has 0 atom stereocenters. The number of urea groups is 1. The summed E-state index contributed by atoms with van der Waals surface area (Å²) in [6, 6.07) is 6.43. The Morgan fingerprint density at radius 1 is 1.10 bits per heavy atom. The minimum Gasteiger partial charge on any atom is -0.341 e. The number of halogens is 1. The van der Waals surface area contributed by atoms with Crippen LogP contribution in [0.15, 0.2) is 24.3 Å². The van der Waals surface area contributed by atoms with Crippen molar-refractivity contribution >= 4 is 17.8 Å². The first kappa shape index (κ1) is 20.8. The molecule has 1 aromatic carbocycles. The predicted molar refractivity (Wildman–Crippen MR) is 110 cm³/mol. The van der Waals surface area contributed by atoms with Gasteiger partial charge in [0.1, 0.15) is 17.9 Å². The molecule has 2 aliphatic heterocycles. The van der Waals surface area contributed by atoms with Gasteiger partial charge in [-0.25, -0.2) is 9.18 Å². The fourth-order valence-corrected chi connectivity index (χ4v) is 5.08. The predicted octanol–water partition coefficient (Wildman–Crippen LogP) is 3.25. The van der Waals surface area contributed by atoms with Gasteiger partial charge in [-0.3, -0.25) is 14.5 Å². The molecule has 1 saturated carbocycles. The lowest BCUT2D eigenvalue weighted by molar-refractivity contribution is -0.140. The Hall–Kier alpha value is -2.44. The molecule has 4 amide bonds. The summed E-state index contributed by atoms with van der Waals surface area (Å²) in [5, 5.41) is 2.86. The average molecular weight is 416 g/mol. The van der Waals surface area contributed by atoms with E-state index in [4.69, 9.17) is 0 Å². The number of imide groups is 1. The Kier molecular flexibility index (Phi) is 6.06. The standard InChI is InChI=1S/C23H30FN3O3/c24-19-7-3-2-6-18(19)9-8-17-10-14-26(15-11-17)20(28)16-27-21(29)23(25-22(27)30)12-4-1-5-13-23/h2-3,6-7,17H,1,4-5,8-16H2,(H,25,30). The number of nitrogens with zero attached hydrogens (tertiary/aromatic N) is 2. The number of rotatable bonds is 5. The van der Waals surface area contributed by atoms with Crippen molar-refractivity contribution in [2.24, 2.45) is 5.92 Å². The lowest BCUT2D eigenvalue weighted by Crippen LogP contribution is -2.49. The Labute approximate surface area is 176 Å². The highest BCUT2D eigenvalue weighted by molar-refractivity contribution is 6.09. The molecule has 0 aromatic heterocycles. The van der Waals surface area contributed by atoms with Gasteiger partial charge in [0.25, 0.3) is 5.91 Å². The molecular formula is C23H30FN3O3. The summed E-state index contributed by atoms with van der Waals surface area (Å²) in [5.41, 5.74) is -0.0406. The molecule has 0 radical (unpaired) electrons. The first-order valence-corrected chi connectivity index (χ1v) is 11.1. The lowest BCUT2D eigenvalue weighted by atomic mass is 9.82. The Bertz CT molecular complexity index is 814. The monoisotopic (exact) mass is 415 g/mol. The second kappa shape index (κ2) is 8.74. The molecular weight excluding hydrogens is 385 g/mol. The number of benzene rings is 1. The number of carbonyl (C=O) groups is 3. The van der Waals surface area contributed by atoms with Crippen molar-refractivity contribution in [2.75, 3.05) is 19.6 Å². The van der Waals surface area contributed by atoms with Crippen molar-refractivity contribution in [2.45, 2.75) is 63.3 Å². The maximum atomic E-state index is 13.8. The maximum absolute atomic E-state index is 13.8. The van der Waals surface area contributed by atoms with E-state index in [1.54, 1.807) is 11.0 Å². The summed E-state index contributed by atoms with van der Waals surface area (Å²) in [6.07, 6.45) is 7.59. The molecule has 7 heteroatoms. The van der Waals surface area contributed by atoms with Gasteiger partial charge in [0.2, 0.25) is 5.91 Å². The quantitative estimate of drug-likeness (QED) is 0.751. The molecule has 2 heterocycles. The minimum absolute atomic E-state index is 0.158. The molecule has 1 spiro atoms. The zero-order valence-electron chi connectivity index (χ0n) is 17.4. The SMILES string of the molecule is O=C(CN1C(=O)NC2(CCCCC2)C1=O)N1CCC(CCc2ccccc2F)CC1. The van der Waals surface area contributed by atoms with Crippen LogP contribution in [-0.2, 0) is 16.0 Å². The van der Waals surface area contributed by atoms with Crippen LogP contribution in [0.2, 0.25) is 0 Å². The number of piperidine rings is 1. The second-order valence-electron chi connectivity index (χ2n) is 8.92. The van der Waals surface area contributed by atoms with E-state index in [1.165, 1.54) is 6.07 Å². The maximum Gasteiger partial charge on any atom is 0.325 e. The van der Waals surface area contributed by atoms with Crippen LogP contribution in [-0.4, -0.2) is 52.8 Å². The third-order valence-corrected chi connectivity index (χ3v) is 6.99. The molecule has 1 N–H and O–H groups in total. The van der Waals surface area contributed by atoms with Gasteiger partial charge in [0, 0.05) is 13.1 Å². The van der Waals surface area contributed by atoms with Gasteiger partial charge in [-0.2, -0.15) is 0 Å². The Morgan fingerprint density at radius 3 is 2.50 bits per heavy atom. The number of nitrogens with one attached hydrogen (secondary N) is 1. The third kappa shape index (κ3) is 4.20. The highest BCUT2D eigenvalue weighted by Crippen LogP contribution is 2.33. The van der Waals surface area contributed by atoms with Gasteiger partial charge in [0.15, 0.2) is 0 Å². The smallest absolute Gasteiger partial charge is 0.325 e. The van der Waals surface area contributed by atoms with Crippen molar-refractivity contribution in [1.82, 2.24) is 15.1 Å². The first-order chi connectivity index (χ1) is 14.5. The molecule has 3 aliphatic rings. The number of amides is 4. The summed E-state index contributed by atoms with van der Waals surface area (Å²) >= 11 is 0. The fraction of sp³-hybridized carbons (Fsp3) is 0.609. The van der Waals surface area contributed by atoms with Gasteiger partial charge in [-0.1, -0.05) is 37.5 Å². The number of hydrogen-bond donors (Lipinski definition) is 1. The molecule has 30 heavy (non-hydrogen) atoms. The summed E-state index contributed by atoms with van der Waals surface area (Å²) < 4.78 is 13.8. The summed E-state index contributed by atoms with van der Waals surface area (Å²) in [4.78, 5) is 40.8. The van der Waals surface area contributed by atoms with Gasteiger partial charge in [-0.05, 0) is 56.1 Å². The third-order valence-electron chi connectivity index (χ3n) is 6.99. The van der Waals surface area contributed by atoms with Crippen LogP contribution in [0.5, 0.6) is 0 Å². The number of likely N-dealkylation sites (tertiary alicyclic amines) is 1.